The first kappa shape index (κ1) is 30.1. The van der Waals surface area contributed by atoms with Crippen LogP contribution in [0.1, 0.15) is 6.23 Å². The molecule has 2 aliphatic rings. The lowest BCUT2D eigenvalue weighted by Crippen LogP contribution is -2.58. The first-order valence-corrected chi connectivity index (χ1v) is 13.9. The van der Waals surface area contributed by atoms with E-state index in [1.54, 1.807) is 0 Å². The second kappa shape index (κ2) is 11.2. The number of nitrogen functional groups attached to an aromatic ring is 1. The van der Waals surface area contributed by atoms with Gasteiger partial charge in [-0.15, -0.1) is 0 Å². The highest BCUT2D eigenvalue weighted by atomic mass is 31.3. The van der Waals surface area contributed by atoms with Crippen molar-refractivity contribution >= 4 is 32.8 Å². The Hall–Kier alpha value is -1.91. The molecule has 0 spiro atoms. The maximum atomic E-state index is 12.2. The van der Waals surface area contributed by atoms with E-state index >= 15 is 0 Å². The molecule has 2 saturated heterocycles. The summed E-state index contributed by atoms with van der Waals surface area (Å²) < 4.78 is 48.8. The van der Waals surface area contributed by atoms with Gasteiger partial charge in [-0.25, -0.2) is 14.1 Å². The highest BCUT2D eigenvalue weighted by Gasteiger charge is 2.47. The van der Waals surface area contributed by atoms with Gasteiger partial charge in [0.1, 0.15) is 42.7 Å². The summed E-state index contributed by atoms with van der Waals surface area (Å²) in [5, 5.41) is 59.1. The molecule has 4 heterocycles. The molecule has 220 valence electrons. The SMILES string of the molecule is Nc1nc2c(ncn2[C@@H]2O[C@H](COP(=O)(O)OP(=O)(O)OC[C@H]3OC(O)[C@H](O)[C@@H](O)[C@@H]3O)[C@@H](O)[C@H]2O)c(=O)[nH]1. The summed E-state index contributed by atoms with van der Waals surface area (Å²) in [6.07, 6.45) is -14.6. The largest absolute Gasteiger partial charge is 0.481 e. The molecule has 0 saturated carbocycles. The summed E-state index contributed by atoms with van der Waals surface area (Å²) in [6.45, 7) is -2.01. The Balaban J connectivity index is 1.35. The fraction of sp³-hybridized carbons (Fsp3) is 0.688. The Morgan fingerprint density at radius 3 is 2.10 bits per heavy atom. The number of nitrogens with two attached hydrogens (primary N) is 1. The molecule has 4 rings (SSSR count). The predicted octanol–water partition coefficient (Wildman–Crippen LogP) is -4.63. The van der Waals surface area contributed by atoms with Crippen molar-refractivity contribution in [3.63, 3.8) is 0 Å². The maximum Gasteiger partial charge on any atom is 0.481 e. The molecule has 0 radical (unpaired) electrons. The van der Waals surface area contributed by atoms with Crippen LogP contribution < -0.4 is 11.3 Å². The highest BCUT2D eigenvalue weighted by molar-refractivity contribution is 7.61. The van der Waals surface area contributed by atoms with Crippen molar-refractivity contribution in [1.82, 2.24) is 19.5 Å². The first-order valence-electron chi connectivity index (χ1n) is 10.9. The summed E-state index contributed by atoms with van der Waals surface area (Å²) in [5.74, 6) is -0.273. The van der Waals surface area contributed by atoms with E-state index in [9.17, 15) is 54.4 Å². The lowest BCUT2D eigenvalue weighted by atomic mass is 10.00. The molecule has 3 unspecified atom stereocenters. The van der Waals surface area contributed by atoms with Gasteiger partial charge in [0.25, 0.3) is 5.56 Å². The molecule has 2 aromatic rings. The predicted molar refractivity (Wildman–Crippen MR) is 120 cm³/mol. The van der Waals surface area contributed by atoms with Gasteiger partial charge in [-0.1, -0.05) is 0 Å². The number of phosphoric ester groups is 2. The van der Waals surface area contributed by atoms with Crippen molar-refractivity contribution in [2.45, 2.75) is 55.2 Å². The number of hydrogen-bond acceptors (Lipinski definition) is 17. The van der Waals surface area contributed by atoms with Crippen molar-refractivity contribution in [3.8, 4) is 0 Å². The minimum absolute atomic E-state index is 0.106. The number of aromatic nitrogens is 4. The van der Waals surface area contributed by atoms with Gasteiger partial charge in [0.2, 0.25) is 5.95 Å². The molecule has 23 heteroatoms. The fourth-order valence-electron chi connectivity index (χ4n) is 3.81. The third-order valence-corrected chi connectivity index (χ3v) is 8.36. The van der Waals surface area contributed by atoms with Gasteiger partial charge in [0.15, 0.2) is 23.7 Å². The van der Waals surface area contributed by atoms with E-state index < -0.39 is 89.7 Å². The molecule has 11 N–H and O–H groups in total. The Kier molecular flexibility index (Phi) is 8.60. The van der Waals surface area contributed by atoms with Crippen LogP contribution in [-0.2, 0) is 32.0 Å². The zero-order valence-corrected chi connectivity index (χ0v) is 21.1. The van der Waals surface area contributed by atoms with E-state index in [2.05, 4.69) is 28.3 Å². The number of aliphatic hydroxyl groups excluding tert-OH is 6. The minimum Gasteiger partial charge on any atom is -0.387 e. The summed E-state index contributed by atoms with van der Waals surface area (Å²) in [6, 6.07) is 0. The van der Waals surface area contributed by atoms with Gasteiger partial charge in [0, 0.05) is 0 Å². The zero-order chi connectivity index (χ0) is 28.9. The summed E-state index contributed by atoms with van der Waals surface area (Å²) in [7, 11) is -10.8. The van der Waals surface area contributed by atoms with Crippen LogP contribution in [0.2, 0.25) is 0 Å². The third-order valence-electron chi connectivity index (χ3n) is 5.76. The van der Waals surface area contributed by atoms with Crippen LogP contribution in [-0.4, -0.2) is 122 Å². The molecular formula is C16H25N5O16P2. The molecule has 2 aliphatic heterocycles. The average molecular weight is 605 g/mol. The van der Waals surface area contributed by atoms with Crippen molar-refractivity contribution in [1.29, 1.82) is 0 Å². The van der Waals surface area contributed by atoms with E-state index in [1.165, 1.54) is 0 Å². The number of rotatable bonds is 9. The van der Waals surface area contributed by atoms with Crippen LogP contribution in [0.3, 0.4) is 0 Å². The number of aliphatic hydroxyl groups is 6. The lowest BCUT2D eigenvalue weighted by molar-refractivity contribution is -0.285. The van der Waals surface area contributed by atoms with Crippen LogP contribution in [0, 0.1) is 0 Å². The monoisotopic (exact) mass is 605 g/mol. The van der Waals surface area contributed by atoms with Crippen LogP contribution >= 0.6 is 15.6 Å². The Bertz CT molecular complexity index is 1340. The van der Waals surface area contributed by atoms with Crippen molar-refractivity contribution < 1.29 is 72.4 Å². The first-order chi connectivity index (χ1) is 18.1. The fourth-order valence-corrected chi connectivity index (χ4v) is 5.90. The van der Waals surface area contributed by atoms with E-state index in [-0.39, 0.29) is 17.1 Å². The third kappa shape index (κ3) is 6.38. The molecule has 39 heavy (non-hydrogen) atoms. The van der Waals surface area contributed by atoms with Crippen molar-refractivity contribution in [2.24, 2.45) is 0 Å². The Labute approximate surface area is 216 Å². The second-order valence-corrected chi connectivity index (χ2v) is 11.5. The lowest BCUT2D eigenvalue weighted by Gasteiger charge is -2.38. The maximum absolute atomic E-state index is 12.2. The van der Waals surface area contributed by atoms with E-state index in [1.807, 2.05) is 0 Å². The number of fused-ring (bicyclic) bond motifs is 1. The van der Waals surface area contributed by atoms with Gasteiger partial charge < -0.3 is 55.6 Å². The number of nitrogens with one attached hydrogen (secondary N) is 1. The highest BCUT2D eigenvalue weighted by Crippen LogP contribution is 2.60. The van der Waals surface area contributed by atoms with E-state index in [4.69, 9.17) is 15.2 Å². The smallest absolute Gasteiger partial charge is 0.387 e. The van der Waals surface area contributed by atoms with Crippen LogP contribution in [0.4, 0.5) is 5.95 Å². The molecule has 2 aromatic heterocycles. The Morgan fingerprint density at radius 2 is 1.49 bits per heavy atom. The molecule has 0 aromatic carbocycles. The van der Waals surface area contributed by atoms with Gasteiger partial charge in [-0.2, -0.15) is 9.29 Å². The Morgan fingerprint density at radius 1 is 0.923 bits per heavy atom. The van der Waals surface area contributed by atoms with Crippen LogP contribution in [0.15, 0.2) is 11.1 Å². The number of imidazole rings is 1. The number of aromatic amines is 1. The molecule has 0 aliphatic carbocycles. The summed E-state index contributed by atoms with van der Waals surface area (Å²) in [5.41, 5.74) is 4.56. The quantitative estimate of drug-likeness (QED) is 0.120. The van der Waals surface area contributed by atoms with Crippen molar-refractivity contribution in [3.05, 3.63) is 16.7 Å². The molecule has 21 nitrogen and oxygen atoms in total. The molecular weight excluding hydrogens is 580 g/mol. The second-order valence-electron chi connectivity index (χ2n) is 8.47. The number of H-pyrrole nitrogens is 1. The van der Waals surface area contributed by atoms with Gasteiger partial charge in [0.05, 0.1) is 19.5 Å². The number of nitrogens with zero attached hydrogens (tertiary/aromatic N) is 3. The number of phosphoric acid groups is 2. The normalized spacial score (nSPS) is 36.6. The van der Waals surface area contributed by atoms with Crippen LogP contribution in [0.5, 0.6) is 0 Å². The van der Waals surface area contributed by atoms with E-state index in [0.717, 1.165) is 10.9 Å². The van der Waals surface area contributed by atoms with Gasteiger partial charge in [-0.3, -0.25) is 23.4 Å². The number of hydrogen-bond donors (Lipinski definition) is 10. The summed E-state index contributed by atoms with van der Waals surface area (Å²) in [4.78, 5) is 41.5. The molecule has 0 amide bonds. The topological polar surface area (TPSA) is 332 Å². The van der Waals surface area contributed by atoms with Crippen LogP contribution in [0.25, 0.3) is 11.2 Å². The van der Waals surface area contributed by atoms with Gasteiger partial charge >= 0.3 is 15.6 Å². The molecule has 0 bridgehead atoms. The van der Waals surface area contributed by atoms with Crippen molar-refractivity contribution in [2.75, 3.05) is 18.9 Å². The standard InChI is InChI=1S/C16H25N5O16P2/c17-16-19-12-6(13(27)20-16)18-3-21(12)14-10(25)8(23)4(35-14)1-33-38(29,30)37-39(31,32)34-2-5-7(22)9(24)11(26)15(28)36-5/h3-5,7-11,14-15,22-26,28H,1-2H2,(H,29,30)(H,31,32)(H3,17,19,20,27)/t4-,5-,7-,8-,9+,10-,11-,14-,15?/m1/s1. The average Bonchev–Trinajstić information content (AvgIpc) is 3.38. The summed E-state index contributed by atoms with van der Waals surface area (Å²) >= 11 is 0. The zero-order valence-electron chi connectivity index (χ0n) is 19.3. The van der Waals surface area contributed by atoms with Gasteiger partial charge in [-0.05, 0) is 0 Å². The minimum atomic E-state index is -5.41. The number of anilines is 1. The molecule has 11 atom stereocenters. The number of ether oxygens (including phenoxy) is 2. The molecule has 2 fully saturated rings. The van der Waals surface area contributed by atoms with E-state index in [0.29, 0.717) is 0 Å².